The van der Waals surface area contributed by atoms with Crippen molar-refractivity contribution in [3.8, 4) is 0 Å². The molecule has 5 heteroatoms. The summed E-state index contributed by atoms with van der Waals surface area (Å²) >= 11 is 0. The van der Waals surface area contributed by atoms with Gasteiger partial charge in [0, 0.05) is 7.05 Å². The summed E-state index contributed by atoms with van der Waals surface area (Å²) in [6, 6.07) is 4.98. The lowest BCUT2D eigenvalue weighted by molar-refractivity contribution is 0.235. The number of rotatable bonds is 2. The van der Waals surface area contributed by atoms with Crippen molar-refractivity contribution in [3.63, 3.8) is 0 Å². The van der Waals surface area contributed by atoms with E-state index in [0.717, 1.165) is 13.1 Å². The van der Waals surface area contributed by atoms with Gasteiger partial charge in [-0.3, -0.25) is 0 Å². The Morgan fingerprint density at radius 3 is 2.17 bits per heavy atom. The Kier molecular flexibility index (Phi) is 2.42. The van der Waals surface area contributed by atoms with E-state index in [2.05, 4.69) is 0 Å². The molecule has 1 aromatic rings. The Morgan fingerprint density at radius 1 is 1.08 bits per heavy atom. The van der Waals surface area contributed by atoms with Crippen molar-refractivity contribution in [2.75, 3.05) is 17.5 Å². The van der Waals surface area contributed by atoms with Gasteiger partial charge in [0.05, 0.1) is 5.69 Å². The van der Waals surface area contributed by atoms with Gasteiger partial charge in [0.2, 0.25) is 0 Å². The van der Waals surface area contributed by atoms with E-state index >= 15 is 0 Å². The number of halogens is 3. The fourth-order valence-electron chi connectivity index (χ4n) is 0.790. The predicted octanol–water partition coefficient (Wildman–Crippen LogP) is 2.58. The van der Waals surface area contributed by atoms with Crippen LogP contribution in [0.15, 0.2) is 24.3 Å². The topological polar surface area (TPSA) is 6.48 Å². The molecule has 0 unspecified atom stereocenters. The van der Waals surface area contributed by atoms with Crippen molar-refractivity contribution in [1.29, 1.82) is 0 Å². The minimum absolute atomic E-state index is 0.0906. The third-order valence-electron chi connectivity index (χ3n) is 1.38. The molecule has 0 saturated carbocycles. The lowest BCUT2D eigenvalue weighted by Gasteiger charge is -2.08. The second-order valence-corrected chi connectivity index (χ2v) is 2.23. The summed E-state index contributed by atoms with van der Waals surface area (Å²) in [5.41, 5.74) is -0.246. The highest BCUT2D eigenvalue weighted by atomic mass is 19.4. The average Bonchev–Trinajstić information content (AvgIpc) is 2.04. The van der Waals surface area contributed by atoms with Gasteiger partial charge in [-0.15, -0.1) is 4.48 Å². The van der Waals surface area contributed by atoms with E-state index in [0.29, 0.717) is 0 Å². The van der Waals surface area contributed by atoms with Crippen molar-refractivity contribution in [2.45, 2.75) is 0 Å². The number of hydrogen-bond donors (Lipinski definition) is 0. The van der Waals surface area contributed by atoms with Gasteiger partial charge in [-0.2, -0.15) is 0 Å². The predicted molar refractivity (Wildman–Crippen MR) is 40.6 cm³/mol. The van der Waals surface area contributed by atoms with E-state index in [1.165, 1.54) is 18.2 Å². The van der Waals surface area contributed by atoms with Crippen molar-refractivity contribution in [1.82, 2.24) is 0 Å². The molecule has 1 rings (SSSR count). The fourth-order valence-corrected chi connectivity index (χ4v) is 0.790. The first-order valence-electron chi connectivity index (χ1n) is 3.22. The van der Waals surface area contributed by atoms with Crippen LogP contribution in [0.25, 0.3) is 0 Å². The van der Waals surface area contributed by atoms with Gasteiger partial charge in [0.1, 0.15) is 5.69 Å². The van der Waals surface area contributed by atoms with E-state index in [4.69, 9.17) is 0 Å². The third kappa shape index (κ3) is 1.81. The number of hydrogen-bond acceptors (Lipinski definition) is 2. The molecular formula is C7H7F3N2. The minimum Gasteiger partial charge on any atom is -0.215 e. The van der Waals surface area contributed by atoms with E-state index in [1.807, 2.05) is 0 Å². The molecule has 0 atom stereocenters. The van der Waals surface area contributed by atoms with Crippen LogP contribution in [0.5, 0.6) is 0 Å². The maximum Gasteiger partial charge on any atom is 0.107 e. The van der Waals surface area contributed by atoms with Crippen LogP contribution in [0.3, 0.4) is 0 Å². The molecule has 0 spiro atoms. The summed E-state index contributed by atoms with van der Waals surface area (Å²) in [4.78, 5) is 0. The van der Waals surface area contributed by atoms with Crippen molar-refractivity contribution < 1.29 is 13.4 Å². The zero-order valence-electron chi connectivity index (χ0n) is 6.34. The number of anilines is 2. The lowest BCUT2D eigenvalue weighted by Crippen LogP contribution is -2.03. The summed E-state index contributed by atoms with van der Waals surface area (Å²) in [7, 11) is 1.14. The Morgan fingerprint density at radius 2 is 1.67 bits per heavy atom. The first-order valence-corrected chi connectivity index (χ1v) is 3.22. The Hall–Kier alpha value is -1.39. The van der Waals surface area contributed by atoms with Gasteiger partial charge in [-0.25, -0.2) is 5.12 Å². The van der Waals surface area contributed by atoms with Gasteiger partial charge in [0.25, 0.3) is 0 Å². The molecule has 0 fully saturated rings. The molecule has 0 amide bonds. The van der Waals surface area contributed by atoms with Gasteiger partial charge in [-0.05, 0) is 23.5 Å². The minimum atomic E-state index is -1.06. The van der Waals surface area contributed by atoms with Crippen LogP contribution in [0.2, 0.25) is 0 Å². The molecule has 2 nitrogen and oxygen atoms in total. The highest BCUT2D eigenvalue weighted by Crippen LogP contribution is 2.22. The van der Waals surface area contributed by atoms with Gasteiger partial charge < -0.3 is 0 Å². The van der Waals surface area contributed by atoms with Crippen molar-refractivity contribution >= 4 is 11.4 Å². The Balaban J connectivity index is 2.96. The van der Waals surface area contributed by atoms with E-state index < -0.39 is 5.34 Å². The maximum atomic E-state index is 12.4. The molecule has 0 heterocycles. The zero-order valence-corrected chi connectivity index (χ0v) is 6.34. The summed E-state index contributed by atoms with van der Waals surface area (Å²) in [6.07, 6.45) is 0. The quantitative estimate of drug-likeness (QED) is 0.639. The van der Waals surface area contributed by atoms with Gasteiger partial charge in [0.15, 0.2) is 0 Å². The molecule has 0 aliphatic heterocycles. The Labute approximate surface area is 67.6 Å². The van der Waals surface area contributed by atoms with Crippen LogP contribution in [-0.2, 0) is 0 Å². The highest BCUT2D eigenvalue weighted by molar-refractivity contribution is 5.55. The standard InChI is InChI=1S/C7H7F3N2/c1-11(8)6-3-2-4-7(5-6)12(9)10/h2-5H,1H3. The van der Waals surface area contributed by atoms with E-state index in [1.54, 1.807) is 0 Å². The maximum absolute atomic E-state index is 12.4. The van der Waals surface area contributed by atoms with Crippen LogP contribution in [0.4, 0.5) is 24.8 Å². The van der Waals surface area contributed by atoms with Crippen LogP contribution >= 0.6 is 0 Å². The van der Waals surface area contributed by atoms with Crippen LogP contribution in [0.1, 0.15) is 0 Å². The molecule has 0 aliphatic carbocycles. The first-order chi connectivity index (χ1) is 5.61. The number of benzene rings is 1. The Bertz CT molecular complexity index is 239. The number of nitrogens with zero attached hydrogens (tertiary/aromatic N) is 2. The largest absolute Gasteiger partial charge is 0.215 e. The molecule has 66 valence electrons. The molecular weight excluding hydrogens is 169 g/mol. The molecule has 1 aromatic carbocycles. The second kappa shape index (κ2) is 3.34. The lowest BCUT2D eigenvalue weighted by atomic mass is 10.3. The molecule has 0 aromatic heterocycles. The van der Waals surface area contributed by atoms with E-state index in [-0.39, 0.29) is 16.5 Å². The molecule has 0 bridgehead atoms. The third-order valence-corrected chi connectivity index (χ3v) is 1.38. The summed E-state index contributed by atoms with van der Waals surface area (Å²) in [5, 5.41) is -0.792. The van der Waals surface area contributed by atoms with Crippen molar-refractivity contribution in [2.24, 2.45) is 0 Å². The molecule has 0 N–H and O–H groups in total. The molecule has 0 radical (unpaired) electrons. The monoisotopic (exact) mass is 176 g/mol. The molecule has 0 saturated heterocycles. The average molecular weight is 176 g/mol. The second-order valence-electron chi connectivity index (χ2n) is 2.23. The van der Waals surface area contributed by atoms with Crippen LogP contribution in [-0.4, -0.2) is 7.05 Å². The SMILES string of the molecule is CN(F)c1cccc(N(F)F)c1. The summed E-state index contributed by atoms with van der Waals surface area (Å²) < 4.78 is 36.3. The fraction of sp³-hybridized carbons (Fsp3) is 0.143. The smallest absolute Gasteiger partial charge is 0.107 e. The highest BCUT2D eigenvalue weighted by Gasteiger charge is 2.05. The normalized spacial score (nSPS) is 9.67. The first kappa shape index (κ1) is 8.70. The van der Waals surface area contributed by atoms with Gasteiger partial charge in [-0.1, -0.05) is 15.0 Å². The zero-order chi connectivity index (χ0) is 9.14. The summed E-state index contributed by atoms with van der Waals surface area (Å²) in [5.74, 6) is 0. The summed E-state index contributed by atoms with van der Waals surface area (Å²) in [6.45, 7) is 0. The van der Waals surface area contributed by atoms with Crippen LogP contribution in [0, 0.1) is 0 Å². The van der Waals surface area contributed by atoms with Crippen molar-refractivity contribution in [3.05, 3.63) is 24.3 Å². The van der Waals surface area contributed by atoms with Crippen LogP contribution < -0.4 is 10.5 Å². The molecule has 12 heavy (non-hydrogen) atoms. The van der Waals surface area contributed by atoms with Gasteiger partial charge >= 0.3 is 0 Å². The van der Waals surface area contributed by atoms with E-state index in [9.17, 15) is 13.4 Å². The molecule has 0 aliphatic rings.